The van der Waals surface area contributed by atoms with Crippen LogP contribution in [0.5, 0.6) is 0 Å². The lowest BCUT2D eigenvalue weighted by atomic mass is 10.3. The highest BCUT2D eigenvalue weighted by molar-refractivity contribution is 8.08. The molecule has 1 aliphatic heterocycles. The van der Waals surface area contributed by atoms with Gasteiger partial charge in [-0.2, -0.15) is 4.57 Å². The van der Waals surface area contributed by atoms with Crippen molar-refractivity contribution in [2.24, 2.45) is 0 Å². The van der Waals surface area contributed by atoms with E-state index in [0.717, 1.165) is 37.6 Å². The quantitative estimate of drug-likeness (QED) is 0.427. The van der Waals surface area contributed by atoms with Crippen molar-refractivity contribution in [2.75, 3.05) is 11.9 Å². The van der Waals surface area contributed by atoms with Crippen molar-refractivity contribution in [1.29, 1.82) is 0 Å². The SMILES string of the molecule is CCn1c(=Cc2oc3ccc(Cl)cc3[n+]2CC)sc(=C2Sc3ccccc3N2C)c1=O. The van der Waals surface area contributed by atoms with Gasteiger partial charge in [-0.05, 0) is 38.1 Å². The normalized spacial score (nSPS) is 15.9. The predicted octanol–water partition coefficient (Wildman–Crippen LogP) is 3.77. The Labute approximate surface area is 192 Å². The maximum Gasteiger partial charge on any atom is 0.377 e. The number of anilines is 1. The Bertz CT molecular complexity index is 1500. The lowest BCUT2D eigenvalue weighted by Crippen LogP contribution is -2.36. The van der Waals surface area contributed by atoms with Crippen molar-refractivity contribution in [3.8, 4) is 0 Å². The highest BCUT2D eigenvalue weighted by Crippen LogP contribution is 2.44. The van der Waals surface area contributed by atoms with E-state index in [4.69, 9.17) is 16.0 Å². The summed E-state index contributed by atoms with van der Waals surface area (Å²) in [4.78, 5) is 16.6. The molecule has 0 amide bonds. The average Bonchev–Trinajstić information content (AvgIpc) is 3.39. The Hall–Kier alpha value is -2.48. The molecule has 2 aromatic carbocycles. The minimum atomic E-state index is 0.0307. The van der Waals surface area contributed by atoms with E-state index >= 15 is 0 Å². The number of para-hydroxylation sites is 1. The smallest absolute Gasteiger partial charge is 0.377 e. The maximum atomic E-state index is 13.3. The summed E-state index contributed by atoms with van der Waals surface area (Å²) in [5.41, 5.74) is 2.87. The number of fused-ring (bicyclic) bond motifs is 2. The summed E-state index contributed by atoms with van der Waals surface area (Å²) in [6, 6.07) is 13.8. The van der Waals surface area contributed by atoms with Gasteiger partial charge in [-0.3, -0.25) is 9.36 Å². The molecule has 2 aromatic heterocycles. The number of oxazole rings is 1. The summed E-state index contributed by atoms with van der Waals surface area (Å²) < 4.78 is 11.6. The van der Waals surface area contributed by atoms with E-state index in [-0.39, 0.29) is 5.56 Å². The summed E-state index contributed by atoms with van der Waals surface area (Å²) in [7, 11) is 2.01. The summed E-state index contributed by atoms with van der Waals surface area (Å²) in [6.07, 6.45) is 1.96. The highest BCUT2D eigenvalue weighted by atomic mass is 35.5. The van der Waals surface area contributed by atoms with Crippen LogP contribution >= 0.6 is 34.7 Å². The summed E-state index contributed by atoms with van der Waals surface area (Å²) >= 11 is 9.35. The zero-order valence-electron chi connectivity index (χ0n) is 17.4. The van der Waals surface area contributed by atoms with Crippen LogP contribution in [0, 0.1) is 0 Å². The third kappa shape index (κ3) is 3.32. The first kappa shape index (κ1) is 20.4. The number of halogens is 1. The van der Waals surface area contributed by atoms with Gasteiger partial charge in [0.15, 0.2) is 0 Å². The molecule has 0 bridgehead atoms. The lowest BCUT2D eigenvalue weighted by molar-refractivity contribution is -0.674. The fourth-order valence-corrected chi connectivity index (χ4v) is 6.49. The fraction of sp³-hybridized carbons (Fsp3) is 0.217. The Morgan fingerprint density at radius 2 is 2.00 bits per heavy atom. The standard InChI is InChI=1S/C23H21ClN3O2S2/c1-4-26-16-12-14(24)10-11-17(16)29-19(26)13-20-27(5-2)22(28)21(31-20)23-25(3)15-8-6-7-9-18(15)30-23/h6-13H,4-5H2,1-3H3/q+1. The molecule has 4 aromatic rings. The summed E-state index contributed by atoms with van der Waals surface area (Å²) in [5, 5.41) is 1.64. The van der Waals surface area contributed by atoms with E-state index in [1.807, 2.05) is 54.9 Å². The number of hydrogen-bond donors (Lipinski definition) is 0. The first-order valence-corrected chi connectivity index (χ1v) is 12.1. The molecule has 0 radical (unpaired) electrons. The van der Waals surface area contributed by atoms with Gasteiger partial charge in [-0.1, -0.05) is 35.5 Å². The number of hydrogen-bond acceptors (Lipinski definition) is 5. The predicted molar refractivity (Wildman–Crippen MR) is 128 cm³/mol. The van der Waals surface area contributed by atoms with Gasteiger partial charge in [0, 0.05) is 29.6 Å². The molecule has 8 heteroatoms. The van der Waals surface area contributed by atoms with Crippen LogP contribution in [0.1, 0.15) is 19.7 Å². The van der Waals surface area contributed by atoms with Gasteiger partial charge >= 0.3 is 5.89 Å². The number of benzene rings is 2. The monoisotopic (exact) mass is 470 g/mol. The molecule has 5 nitrogen and oxygen atoms in total. The molecule has 0 atom stereocenters. The van der Waals surface area contributed by atoms with Gasteiger partial charge in [0.1, 0.15) is 20.8 Å². The first-order valence-electron chi connectivity index (χ1n) is 10.1. The van der Waals surface area contributed by atoms with Gasteiger partial charge in [0.05, 0.1) is 11.8 Å². The number of rotatable bonds is 3. The van der Waals surface area contributed by atoms with E-state index in [2.05, 4.69) is 28.5 Å². The zero-order valence-corrected chi connectivity index (χ0v) is 19.8. The van der Waals surface area contributed by atoms with Gasteiger partial charge in [-0.25, -0.2) is 0 Å². The van der Waals surface area contributed by atoms with Gasteiger partial charge in [0.2, 0.25) is 5.58 Å². The van der Waals surface area contributed by atoms with Gasteiger partial charge < -0.3 is 9.32 Å². The van der Waals surface area contributed by atoms with E-state index in [0.29, 0.717) is 17.5 Å². The van der Waals surface area contributed by atoms with Crippen molar-refractivity contribution in [3.05, 3.63) is 72.9 Å². The van der Waals surface area contributed by atoms with Crippen molar-refractivity contribution >= 4 is 62.6 Å². The summed E-state index contributed by atoms with van der Waals surface area (Å²) in [6.45, 7) is 5.39. The molecule has 5 rings (SSSR count). The molecule has 0 N–H and O–H groups in total. The largest absolute Gasteiger partial charge is 0.398 e. The second kappa shape index (κ2) is 7.89. The van der Waals surface area contributed by atoms with E-state index in [1.165, 1.54) is 16.2 Å². The molecule has 0 saturated carbocycles. The molecule has 31 heavy (non-hydrogen) atoms. The molecule has 0 spiro atoms. The van der Waals surface area contributed by atoms with Crippen molar-refractivity contribution in [1.82, 2.24) is 4.57 Å². The van der Waals surface area contributed by atoms with E-state index in [1.54, 1.807) is 11.8 Å². The Morgan fingerprint density at radius 3 is 2.74 bits per heavy atom. The molecule has 158 valence electrons. The van der Waals surface area contributed by atoms with Crippen molar-refractivity contribution in [2.45, 2.75) is 31.8 Å². The minimum absolute atomic E-state index is 0.0307. The van der Waals surface area contributed by atoms with Crippen LogP contribution in [0.3, 0.4) is 0 Å². The molecule has 0 fully saturated rings. The van der Waals surface area contributed by atoms with Crippen LogP contribution < -0.4 is 24.2 Å². The molecular formula is C23H21ClN3O2S2+. The average molecular weight is 471 g/mol. The molecule has 3 heterocycles. The van der Waals surface area contributed by atoms with Crippen LogP contribution in [-0.4, -0.2) is 11.6 Å². The molecule has 0 unspecified atom stereocenters. The van der Waals surface area contributed by atoms with E-state index in [9.17, 15) is 4.79 Å². The molecular weight excluding hydrogens is 450 g/mol. The Balaban J connectivity index is 1.74. The molecule has 0 aliphatic carbocycles. The third-order valence-electron chi connectivity index (χ3n) is 5.42. The number of thioether (sulfide) groups is 1. The van der Waals surface area contributed by atoms with Crippen LogP contribution in [0.2, 0.25) is 5.02 Å². The fourth-order valence-electron chi connectivity index (χ4n) is 3.88. The second-order valence-corrected chi connectivity index (χ2v) is 9.69. The zero-order chi connectivity index (χ0) is 21.7. The van der Waals surface area contributed by atoms with E-state index < -0.39 is 0 Å². The molecule has 1 aliphatic rings. The number of aryl methyl sites for hydroxylation is 1. The Morgan fingerprint density at radius 1 is 1.19 bits per heavy atom. The number of aromatic nitrogens is 2. The van der Waals surface area contributed by atoms with Gasteiger partial charge in [-0.15, -0.1) is 11.3 Å². The van der Waals surface area contributed by atoms with Crippen LogP contribution in [-0.2, 0) is 13.1 Å². The van der Waals surface area contributed by atoms with Gasteiger partial charge in [0.25, 0.3) is 11.1 Å². The number of nitrogens with zero attached hydrogens (tertiary/aromatic N) is 3. The second-order valence-electron chi connectivity index (χ2n) is 7.19. The van der Waals surface area contributed by atoms with Crippen LogP contribution in [0.15, 0.2) is 56.6 Å². The molecule has 0 saturated heterocycles. The number of thiazole rings is 1. The first-order chi connectivity index (χ1) is 15.0. The lowest BCUT2D eigenvalue weighted by Gasteiger charge is -2.11. The van der Waals surface area contributed by atoms with Crippen molar-refractivity contribution in [3.63, 3.8) is 0 Å². The summed E-state index contributed by atoms with van der Waals surface area (Å²) in [5.74, 6) is 0.704. The third-order valence-corrected chi connectivity index (χ3v) is 8.14. The van der Waals surface area contributed by atoms with Crippen molar-refractivity contribution < 1.29 is 8.98 Å². The minimum Gasteiger partial charge on any atom is -0.398 e. The van der Waals surface area contributed by atoms with Crippen LogP contribution in [0.4, 0.5) is 5.69 Å². The maximum absolute atomic E-state index is 13.3. The Kier molecular flexibility index (Phi) is 5.20. The topological polar surface area (TPSA) is 42.3 Å². The highest BCUT2D eigenvalue weighted by Gasteiger charge is 2.25. The van der Waals surface area contributed by atoms with Crippen LogP contribution in [0.25, 0.3) is 22.2 Å².